The van der Waals surface area contributed by atoms with Crippen LogP contribution in [0.25, 0.3) is 0 Å². The fourth-order valence-corrected chi connectivity index (χ4v) is 3.68. The summed E-state index contributed by atoms with van der Waals surface area (Å²) < 4.78 is 28.6. The minimum atomic E-state index is -3.59. The van der Waals surface area contributed by atoms with Gasteiger partial charge in [-0.1, -0.05) is 0 Å². The standard InChI is InChI=1S/C12H17N3O3S2/c1-3-15-6-11(4-10(15)7-16)20(17,18)13-5-12-14-9(2)8-19-12/h4,6,8,13,16H,3,5,7H2,1-2H3. The molecule has 0 fully saturated rings. The first-order valence-electron chi connectivity index (χ1n) is 6.17. The van der Waals surface area contributed by atoms with Crippen molar-refractivity contribution < 1.29 is 13.5 Å². The Bertz CT molecular complexity index is 667. The van der Waals surface area contributed by atoms with Crippen molar-refractivity contribution in [1.82, 2.24) is 14.3 Å². The van der Waals surface area contributed by atoms with Gasteiger partial charge in [-0.25, -0.2) is 18.1 Å². The SMILES string of the molecule is CCn1cc(S(=O)(=O)NCc2nc(C)cs2)cc1CO. The fraction of sp³-hybridized carbons (Fsp3) is 0.417. The second-order valence-corrected chi connectivity index (χ2v) is 7.03. The van der Waals surface area contributed by atoms with Crippen LogP contribution >= 0.6 is 11.3 Å². The number of nitrogens with one attached hydrogen (secondary N) is 1. The van der Waals surface area contributed by atoms with Gasteiger partial charge in [-0.3, -0.25) is 0 Å². The van der Waals surface area contributed by atoms with E-state index in [-0.39, 0.29) is 18.0 Å². The molecule has 2 rings (SSSR count). The van der Waals surface area contributed by atoms with Crippen LogP contribution in [0.1, 0.15) is 23.3 Å². The summed E-state index contributed by atoms with van der Waals surface area (Å²) in [4.78, 5) is 4.37. The molecule has 0 aliphatic carbocycles. The van der Waals surface area contributed by atoms with Crippen LogP contribution in [-0.4, -0.2) is 23.1 Å². The largest absolute Gasteiger partial charge is 0.390 e. The van der Waals surface area contributed by atoms with Gasteiger partial charge in [0, 0.05) is 29.5 Å². The van der Waals surface area contributed by atoms with E-state index in [9.17, 15) is 13.5 Å². The molecular formula is C12H17N3O3S2. The summed E-state index contributed by atoms with van der Waals surface area (Å²) in [6, 6.07) is 1.49. The maximum Gasteiger partial charge on any atom is 0.242 e. The monoisotopic (exact) mass is 315 g/mol. The van der Waals surface area contributed by atoms with Crippen molar-refractivity contribution in [2.45, 2.75) is 38.4 Å². The quantitative estimate of drug-likeness (QED) is 0.840. The summed E-state index contributed by atoms with van der Waals surface area (Å²) in [5.41, 5.74) is 1.46. The van der Waals surface area contributed by atoms with E-state index in [1.807, 2.05) is 19.2 Å². The van der Waals surface area contributed by atoms with Crippen LogP contribution in [0, 0.1) is 6.92 Å². The molecule has 110 valence electrons. The lowest BCUT2D eigenvalue weighted by Gasteiger charge is -2.02. The molecule has 0 bridgehead atoms. The molecule has 2 aromatic rings. The summed E-state index contributed by atoms with van der Waals surface area (Å²) in [6.45, 7) is 4.35. The van der Waals surface area contributed by atoms with Crippen molar-refractivity contribution in [3.8, 4) is 0 Å². The number of thiazole rings is 1. The van der Waals surface area contributed by atoms with E-state index in [0.717, 1.165) is 10.7 Å². The number of nitrogens with zero attached hydrogens (tertiary/aromatic N) is 2. The van der Waals surface area contributed by atoms with E-state index in [0.29, 0.717) is 12.2 Å². The summed E-state index contributed by atoms with van der Waals surface area (Å²) in [5.74, 6) is 0. The Hall–Kier alpha value is -1.22. The summed E-state index contributed by atoms with van der Waals surface area (Å²) in [7, 11) is -3.59. The molecule has 2 N–H and O–H groups in total. The Morgan fingerprint density at radius 1 is 1.50 bits per heavy atom. The van der Waals surface area contributed by atoms with Crippen LogP contribution in [-0.2, 0) is 29.7 Å². The molecule has 0 aliphatic heterocycles. The molecule has 0 saturated heterocycles. The van der Waals surface area contributed by atoms with Crippen molar-refractivity contribution in [2.75, 3.05) is 0 Å². The van der Waals surface area contributed by atoms with Crippen LogP contribution in [0.4, 0.5) is 0 Å². The first-order chi connectivity index (χ1) is 9.46. The third-order valence-corrected chi connectivity index (χ3v) is 5.19. The smallest absolute Gasteiger partial charge is 0.242 e. The number of hydrogen-bond donors (Lipinski definition) is 2. The average molecular weight is 315 g/mol. The number of rotatable bonds is 6. The topological polar surface area (TPSA) is 84.2 Å². The second-order valence-electron chi connectivity index (χ2n) is 4.32. The highest BCUT2D eigenvalue weighted by Gasteiger charge is 2.18. The highest BCUT2D eigenvalue weighted by molar-refractivity contribution is 7.89. The third kappa shape index (κ3) is 3.26. The summed E-state index contributed by atoms with van der Waals surface area (Å²) in [5, 5.41) is 11.8. The molecular weight excluding hydrogens is 298 g/mol. The number of aryl methyl sites for hydroxylation is 2. The number of aliphatic hydroxyl groups is 1. The van der Waals surface area contributed by atoms with E-state index < -0.39 is 10.0 Å². The molecule has 0 amide bonds. The van der Waals surface area contributed by atoms with Gasteiger partial charge in [0.15, 0.2) is 0 Å². The molecule has 0 saturated carbocycles. The lowest BCUT2D eigenvalue weighted by Crippen LogP contribution is -2.22. The van der Waals surface area contributed by atoms with E-state index in [1.165, 1.54) is 23.6 Å². The molecule has 0 unspecified atom stereocenters. The van der Waals surface area contributed by atoms with Gasteiger partial charge in [-0.05, 0) is 19.9 Å². The minimum Gasteiger partial charge on any atom is -0.390 e. The Balaban J connectivity index is 2.15. The Kier molecular flexibility index (Phi) is 4.59. The zero-order valence-corrected chi connectivity index (χ0v) is 13.0. The van der Waals surface area contributed by atoms with Crippen LogP contribution < -0.4 is 4.72 Å². The van der Waals surface area contributed by atoms with Gasteiger partial charge in [0.2, 0.25) is 10.0 Å². The summed E-state index contributed by atoms with van der Waals surface area (Å²) >= 11 is 1.42. The second kappa shape index (κ2) is 6.04. The van der Waals surface area contributed by atoms with Crippen LogP contribution in [0.5, 0.6) is 0 Å². The van der Waals surface area contributed by atoms with Crippen molar-refractivity contribution in [3.63, 3.8) is 0 Å². The van der Waals surface area contributed by atoms with Gasteiger partial charge in [-0.15, -0.1) is 11.3 Å². The van der Waals surface area contributed by atoms with Crippen molar-refractivity contribution in [3.05, 3.63) is 34.0 Å². The van der Waals surface area contributed by atoms with Crippen LogP contribution in [0.2, 0.25) is 0 Å². The summed E-state index contributed by atoms with van der Waals surface area (Å²) in [6.07, 6.45) is 1.53. The van der Waals surface area contributed by atoms with Crippen molar-refractivity contribution in [2.24, 2.45) is 0 Å². The molecule has 6 nitrogen and oxygen atoms in total. The molecule has 0 atom stereocenters. The lowest BCUT2D eigenvalue weighted by atomic mass is 10.4. The normalized spacial score (nSPS) is 11.9. The van der Waals surface area contributed by atoms with Crippen molar-refractivity contribution in [1.29, 1.82) is 0 Å². The number of sulfonamides is 1. The average Bonchev–Trinajstić information content (AvgIpc) is 3.02. The van der Waals surface area contributed by atoms with E-state index in [1.54, 1.807) is 4.57 Å². The lowest BCUT2D eigenvalue weighted by molar-refractivity contribution is 0.271. The van der Waals surface area contributed by atoms with E-state index >= 15 is 0 Å². The molecule has 0 aromatic carbocycles. The Morgan fingerprint density at radius 2 is 2.25 bits per heavy atom. The molecule has 2 aromatic heterocycles. The zero-order valence-electron chi connectivity index (χ0n) is 11.3. The van der Waals surface area contributed by atoms with E-state index in [2.05, 4.69) is 9.71 Å². The highest BCUT2D eigenvalue weighted by Crippen LogP contribution is 2.16. The Morgan fingerprint density at radius 3 is 2.75 bits per heavy atom. The molecule has 0 radical (unpaired) electrons. The Labute approximate surface area is 122 Å². The number of aromatic nitrogens is 2. The molecule has 0 spiro atoms. The third-order valence-electron chi connectivity index (χ3n) is 2.85. The zero-order chi connectivity index (χ0) is 14.8. The molecule has 20 heavy (non-hydrogen) atoms. The first kappa shape index (κ1) is 15.2. The first-order valence-corrected chi connectivity index (χ1v) is 8.53. The minimum absolute atomic E-state index is 0.164. The molecule has 0 aliphatic rings. The number of hydrogen-bond acceptors (Lipinski definition) is 5. The van der Waals surface area contributed by atoms with E-state index in [4.69, 9.17) is 0 Å². The molecule has 2 heterocycles. The predicted octanol–water partition coefficient (Wildman–Crippen LogP) is 1.24. The maximum atomic E-state index is 12.2. The van der Waals surface area contributed by atoms with Gasteiger partial charge in [0.1, 0.15) is 5.01 Å². The van der Waals surface area contributed by atoms with Gasteiger partial charge < -0.3 is 9.67 Å². The number of aliphatic hydroxyl groups excluding tert-OH is 1. The predicted molar refractivity (Wildman–Crippen MR) is 76.9 cm³/mol. The van der Waals surface area contributed by atoms with Crippen LogP contribution in [0.3, 0.4) is 0 Å². The maximum absolute atomic E-state index is 12.2. The van der Waals surface area contributed by atoms with Gasteiger partial charge in [0.05, 0.1) is 18.0 Å². The van der Waals surface area contributed by atoms with Gasteiger partial charge in [-0.2, -0.15) is 0 Å². The fourth-order valence-electron chi connectivity index (χ4n) is 1.82. The molecule has 8 heteroatoms. The van der Waals surface area contributed by atoms with Crippen LogP contribution in [0.15, 0.2) is 22.5 Å². The van der Waals surface area contributed by atoms with Gasteiger partial charge >= 0.3 is 0 Å². The van der Waals surface area contributed by atoms with Crippen molar-refractivity contribution >= 4 is 21.4 Å². The van der Waals surface area contributed by atoms with Gasteiger partial charge in [0.25, 0.3) is 0 Å². The highest BCUT2D eigenvalue weighted by atomic mass is 32.2.